The number of nitrogens with zero attached hydrogens (tertiary/aromatic N) is 4. The van der Waals surface area contributed by atoms with E-state index in [2.05, 4.69) is 123 Å². The number of pyridine rings is 1. The van der Waals surface area contributed by atoms with Gasteiger partial charge in [0.15, 0.2) is 0 Å². The summed E-state index contributed by atoms with van der Waals surface area (Å²) in [7, 11) is 0. The monoisotopic (exact) mass is 765 g/mol. The second kappa shape index (κ2) is 13.4. The zero-order valence-corrected chi connectivity index (χ0v) is 33.1. The van der Waals surface area contributed by atoms with Crippen LogP contribution < -0.4 is 4.57 Å². The maximum atomic E-state index is 8.93. The Labute approximate surface area is 346 Å². The fourth-order valence-electron chi connectivity index (χ4n) is 8.88. The molecular weight excluding hydrogens is 721 g/mol. The van der Waals surface area contributed by atoms with Crippen molar-refractivity contribution in [1.82, 2.24) is 14.1 Å². The molecule has 0 aliphatic heterocycles. The molecule has 0 unspecified atom stereocenters. The Morgan fingerprint density at radius 2 is 1.29 bits per heavy atom. The number of hydrogen-bond donors (Lipinski definition) is 0. The lowest BCUT2D eigenvalue weighted by Crippen LogP contribution is -2.30. The van der Waals surface area contributed by atoms with E-state index < -0.39 is 6.98 Å². The molecule has 0 aliphatic rings. The zero-order valence-electron chi connectivity index (χ0n) is 36.1. The van der Waals surface area contributed by atoms with Gasteiger partial charge in [0.05, 0.1) is 38.8 Å². The largest absolute Gasteiger partial charge is 0.455 e. The molecule has 0 amide bonds. The molecule has 0 aliphatic carbocycles. The summed E-state index contributed by atoms with van der Waals surface area (Å²) in [5, 5.41) is 7.76. The SMILES string of the molecule is [2H]C([2H])([2H])[n+]1[c-]n(-c2cccc(Cc3ccc4c5ccccc5n(-c5cc(C(C)(C)C)ccn5)c4c3)c2)c2ccccc2c2ccc3c4ccccc4oc3c2c2ccccc21. The van der Waals surface area contributed by atoms with Crippen molar-refractivity contribution < 1.29 is 13.1 Å². The van der Waals surface area contributed by atoms with Crippen LogP contribution in [0.3, 0.4) is 0 Å². The highest BCUT2D eigenvalue weighted by molar-refractivity contribution is 6.25. The molecule has 59 heavy (non-hydrogen) atoms. The van der Waals surface area contributed by atoms with Gasteiger partial charge < -0.3 is 13.6 Å². The first-order valence-electron chi connectivity index (χ1n) is 21.6. The third-order valence-corrected chi connectivity index (χ3v) is 11.8. The number of aromatic nitrogens is 4. The van der Waals surface area contributed by atoms with Gasteiger partial charge in [-0.25, -0.2) is 4.98 Å². The minimum Gasteiger partial charge on any atom is -0.455 e. The smallest absolute Gasteiger partial charge is 0.245 e. The zero-order chi connectivity index (χ0) is 42.3. The lowest BCUT2D eigenvalue weighted by atomic mass is 9.88. The summed E-state index contributed by atoms with van der Waals surface area (Å²) in [5.74, 6) is 0.892. The van der Waals surface area contributed by atoms with Crippen LogP contribution in [-0.2, 0) is 18.8 Å². The van der Waals surface area contributed by atoms with Gasteiger partial charge in [0.25, 0.3) is 0 Å². The van der Waals surface area contributed by atoms with Gasteiger partial charge in [-0.05, 0) is 81.1 Å². The molecular formula is C54H42N4O. The van der Waals surface area contributed by atoms with Crippen molar-refractivity contribution in [2.45, 2.75) is 32.6 Å². The van der Waals surface area contributed by atoms with E-state index in [9.17, 15) is 0 Å². The Morgan fingerprint density at radius 3 is 2.12 bits per heavy atom. The second-order valence-electron chi connectivity index (χ2n) is 16.5. The predicted octanol–water partition coefficient (Wildman–Crippen LogP) is 13.0. The van der Waals surface area contributed by atoms with Gasteiger partial charge in [0.2, 0.25) is 6.33 Å². The summed E-state index contributed by atoms with van der Waals surface area (Å²) in [6.45, 7) is 4.10. The van der Waals surface area contributed by atoms with Gasteiger partial charge in [-0.1, -0.05) is 148 Å². The molecule has 0 atom stereocenters. The van der Waals surface area contributed by atoms with Crippen LogP contribution in [0.15, 0.2) is 174 Å². The number of furan rings is 1. The molecule has 0 spiro atoms. The van der Waals surface area contributed by atoms with Gasteiger partial charge >= 0.3 is 0 Å². The van der Waals surface area contributed by atoms with Gasteiger partial charge in [-0.15, -0.1) is 0 Å². The lowest BCUT2D eigenvalue weighted by molar-refractivity contribution is -0.652. The van der Waals surface area contributed by atoms with Crippen molar-refractivity contribution in [2.75, 3.05) is 0 Å². The van der Waals surface area contributed by atoms with E-state index >= 15 is 0 Å². The summed E-state index contributed by atoms with van der Waals surface area (Å²) < 4.78 is 38.9. The molecule has 4 heterocycles. The van der Waals surface area contributed by atoms with Crippen LogP contribution in [0.1, 0.15) is 41.6 Å². The molecule has 0 saturated carbocycles. The molecule has 0 fully saturated rings. The number of hydrogen-bond acceptors (Lipinski definition) is 2. The molecule has 11 rings (SSSR count). The average molecular weight is 766 g/mol. The Balaban J connectivity index is 1.13. The summed E-state index contributed by atoms with van der Waals surface area (Å²) in [4.78, 5) is 4.89. The fourth-order valence-corrected chi connectivity index (χ4v) is 8.88. The highest BCUT2D eigenvalue weighted by Gasteiger charge is 2.19. The van der Waals surface area contributed by atoms with Crippen LogP contribution >= 0.6 is 0 Å². The molecule has 0 bridgehead atoms. The van der Waals surface area contributed by atoms with E-state index in [1.54, 1.807) is 0 Å². The predicted molar refractivity (Wildman–Crippen MR) is 243 cm³/mol. The first kappa shape index (κ1) is 31.8. The Bertz CT molecular complexity index is 3660. The molecule has 284 valence electrons. The van der Waals surface area contributed by atoms with Crippen LogP contribution in [0, 0.1) is 6.33 Å². The van der Waals surface area contributed by atoms with Gasteiger partial charge in [-0.2, -0.15) is 0 Å². The fraction of sp³-hybridized carbons (Fsp3) is 0.111. The number of rotatable bonds is 4. The van der Waals surface area contributed by atoms with Crippen LogP contribution in [-0.4, -0.2) is 14.1 Å². The molecule has 5 nitrogen and oxygen atoms in total. The molecule has 0 N–H and O–H groups in total. The molecule has 0 saturated heterocycles. The number of aryl methyl sites for hydroxylation is 1. The van der Waals surface area contributed by atoms with Crippen molar-refractivity contribution in [3.8, 4) is 11.5 Å². The Kier molecular flexibility index (Phi) is 7.24. The molecule has 11 aromatic rings. The van der Waals surface area contributed by atoms with Crippen LogP contribution in [0.2, 0.25) is 0 Å². The summed E-state index contributed by atoms with van der Waals surface area (Å²) in [6, 6.07) is 55.9. The molecule has 4 aromatic heterocycles. The Hall–Kier alpha value is -7.24. The van der Waals surface area contributed by atoms with E-state index in [0.717, 1.165) is 77.1 Å². The maximum absolute atomic E-state index is 8.93. The summed E-state index contributed by atoms with van der Waals surface area (Å²) in [6.07, 6.45) is 5.97. The van der Waals surface area contributed by atoms with E-state index in [4.69, 9.17) is 13.5 Å². The number of para-hydroxylation sites is 4. The third kappa shape index (κ3) is 5.76. The van der Waals surface area contributed by atoms with Crippen LogP contribution in [0.4, 0.5) is 0 Å². The normalized spacial score (nSPS) is 13.1. The van der Waals surface area contributed by atoms with E-state index in [1.807, 2.05) is 83.6 Å². The van der Waals surface area contributed by atoms with Crippen LogP contribution in [0.25, 0.3) is 87.8 Å². The van der Waals surface area contributed by atoms with Crippen molar-refractivity contribution in [2.24, 2.45) is 6.98 Å². The first-order chi connectivity index (χ1) is 30.0. The third-order valence-electron chi connectivity index (χ3n) is 11.8. The second-order valence-corrected chi connectivity index (χ2v) is 16.5. The summed E-state index contributed by atoms with van der Waals surface area (Å²) >= 11 is 0. The average Bonchev–Trinajstić information content (AvgIpc) is 3.82. The quantitative estimate of drug-likeness (QED) is 0.132. The number of benzene rings is 7. The highest BCUT2D eigenvalue weighted by atomic mass is 16.3. The standard InChI is InChI=1S/C54H42N4O/c1-54(2,3)37-28-29-55-51(33-37)58-48-22-11-6-16-39(48)41-25-24-36(32-49(41)58)30-35-14-13-15-38(31-35)57-34-56(4)46-20-9-7-19-45(46)52-43(40-17-5-10-21-47(40)57)26-27-44-42-18-8-12-23-50(42)59-53(44)52/h5-29,31-33H,30H2,1-4H3/i4D3. The van der Waals surface area contributed by atoms with Crippen molar-refractivity contribution in [1.29, 1.82) is 0 Å². The van der Waals surface area contributed by atoms with Gasteiger partial charge in [0, 0.05) is 33.1 Å². The van der Waals surface area contributed by atoms with Gasteiger partial charge in [0.1, 0.15) is 17.0 Å². The minimum atomic E-state index is -2.58. The van der Waals surface area contributed by atoms with Crippen molar-refractivity contribution >= 4 is 76.3 Å². The highest BCUT2D eigenvalue weighted by Crippen LogP contribution is 2.39. The first-order valence-corrected chi connectivity index (χ1v) is 20.1. The topological polar surface area (TPSA) is 39.8 Å². The van der Waals surface area contributed by atoms with E-state index in [1.165, 1.54) is 20.9 Å². The lowest BCUT2D eigenvalue weighted by Gasteiger charge is -2.20. The Morgan fingerprint density at radius 1 is 0.610 bits per heavy atom. The van der Waals surface area contributed by atoms with Crippen LogP contribution in [0.5, 0.6) is 0 Å². The van der Waals surface area contributed by atoms with Crippen molar-refractivity contribution in [3.05, 3.63) is 193 Å². The summed E-state index contributed by atoms with van der Waals surface area (Å²) in [5.41, 5.74) is 9.18. The van der Waals surface area contributed by atoms with Gasteiger partial charge in [-0.3, -0.25) is 4.57 Å². The minimum absolute atomic E-state index is 0.0258. The maximum Gasteiger partial charge on any atom is 0.245 e. The van der Waals surface area contributed by atoms with E-state index in [-0.39, 0.29) is 5.41 Å². The van der Waals surface area contributed by atoms with E-state index in [0.29, 0.717) is 17.5 Å². The number of fused-ring (bicyclic) bond motifs is 12. The molecule has 7 aromatic carbocycles. The van der Waals surface area contributed by atoms with Crippen molar-refractivity contribution in [3.63, 3.8) is 0 Å². The molecule has 5 heteroatoms. The molecule has 0 radical (unpaired) electrons.